The molecule has 0 bridgehead atoms. The van der Waals surface area contributed by atoms with E-state index in [2.05, 4.69) is 20.2 Å². The number of rotatable bonds is 4. The average molecular weight is 383 g/mol. The van der Waals surface area contributed by atoms with Gasteiger partial charge in [-0.15, -0.1) is 11.3 Å². The maximum absolute atomic E-state index is 11.0. The number of aromatic amines is 1. The van der Waals surface area contributed by atoms with E-state index in [1.807, 2.05) is 37.3 Å². The van der Waals surface area contributed by atoms with Crippen LogP contribution in [-0.4, -0.2) is 25.3 Å². The van der Waals surface area contributed by atoms with Crippen LogP contribution in [-0.2, 0) is 0 Å². The Morgan fingerprint density at radius 2 is 1.92 bits per heavy atom. The smallest absolute Gasteiger partial charge is 0.165 e. The van der Waals surface area contributed by atoms with Crippen LogP contribution in [0.1, 0.15) is 22.9 Å². The van der Waals surface area contributed by atoms with Crippen LogP contribution in [0.3, 0.4) is 0 Å². The molecule has 0 spiro atoms. The van der Waals surface area contributed by atoms with Gasteiger partial charge in [-0.2, -0.15) is 5.10 Å². The van der Waals surface area contributed by atoms with E-state index in [-0.39, 0.29) is 0 Å². The Balaban J connectivity index is 1.83. The number of aromatic nitrogens is 4. The number of pyridine rings is 1. The number of aliphatic hydroxyl groups excluding tert-OH is 1. The molecule has 7 heteroatoms. The van der Waals surface area contributed by atoms with Gasteiger partial charge in [0, 0.05) is 27.4 Å². The highest BCUT2D eigenvalue weighted by molar-refractivity contribution is 7.19. The Morgan fingerprint density at radius 1 is 1.12 bits per heavy atom. The number of nitrogens with zero attached hydrogens (tertiary/aromatic N) is 3. The van der Waals surface area contributed by atoms with Crippen molar-refractivity contribution in [3.63, 3.8) is 0 Å². The molecule has 0 aliphatic heterocycles. The lowest BCUT2D eigenvalue weighted by atomic mass is 10.0. The molecule has 130 valence electrons. The normalized spacial score (nSPS) is 12.3. The number of H-pyrrole nitrogens is 1. The zero-order valence-corrected chi connectivity index (χ0v) is 15.4. The zero-order chi connectivity index (χ0) is 18.1. The second-order valence-corrected chi connectivity index (χ2v) is 7.36. The van der Waals surface area contributed by atoms with Crippen molar-refractivity contribution in [1.29, 1.82) is 0 Å². The Kier molecular flexibility index (Phi) is 4.55. The number of benzene rings is 1. The van der Waals surface area contributed by atoms with Crippen LogP contribution in [0, 0.1) is 6.92 Å². The van der Waals surface area contributed by atoms with Gasteiger partial charge in [-0.25, -0.2) is 4.98 Å². The van der Waals surface area contributed by atoms with Gasteiger partial charge in [0.2, 0.25) is 0 Å². The van der Waals surface area contributed by atoms with Crippen LogP contribution >= 0.6 is 22.9 Å². The van der Waals surface area contributed by atoms with Gasteiger partial charge in [-0.1, -0.05) is 23.7 Å². The van der Waals surface area contributed by atoms with Crippen molar-refractivity contribution >= 4 is 22.9 Å². The maximum Gasteiger partial charge on any atom is 0.165 e. The van der Waals surface area contributed by atoms with Crippen molar-refractivity contribution in [1.82, 2.24) is 20.2 Å². The Bertz CT molecular complexity index is 1030. The molecular weight excluding hydrogens is 368 g/mol. The molecule has 0 amide bonds. The highest BCUT2D eigenvalue weighted by atomic mass is 35.5. The van der Waals surface area contributed by atoms with Crippen molar-refractivity contribution in [2.45, 2.75) is 13.0 Å². The van der Waals surface area contributed by atoms with E-state index in [1.54, 1.807) is 29.7 Å². The Labute approximate surface area is 159 Å². The van der Waals surface area contributed by atoms with Gasteiger partial charge in [0.25, 0.3) is 0 Å². The fraction of sp³-hybridized carbons (Fsp3) is 0.105. The molecule has 0 fully saturated rings. The van der Waals surface area contributed by atoms with E-state index in [4.69, 9.17) is 11.6 Å². The topological polar surface area (TPSA) is 74.7 Å². The summed E-state index contributed by atoms with van der Waals surface area (Å²) < 4.78 is 0. The molecule has 0 radical (unpaired) electrons. The Morgan fingerprint density at radius 3 is 2.62 bits per heavy atom. The van der Waals surface area contributed by atoms with E-state index < -0.39 is 6.10 Å². The number of hydrogen-bond donors (Lipinski definition) is 2. The van der Waals surface area contributed by atoms with Gasteiger partial charge in [-0.05, 0) is 48.4 Å². The van der Waals surface area contributed by atoms with Crippen molar-refractivity contribution in [3.05, 3.63) is 76.8 Å². The zero-order valence-electron chi connectivity index (χ0n) is 13.8. The first-order valence-corrected chi connectivity index (χ1v) is 9.17. The maximum atomic E-state index is 11.0. The van der Waals surface area contributed by atoms with Crippen molar-refractivity contribution < 1.29 is 5.11 Å². The summed E-state index contributed by atoms with van der Waals surface area (Å²) in [6, 6.07) is 13.2. The first-order valence-electron chi connectivity index (χ1n) is 7.98. The Hall–Kier alpha value is -2.54. The SMILES string of the molecule is Cc1cc(-c2cc([C@@H](O)c3ccc(Cl)cc3)c(-c3ncn[nH]3)s2)ccn1. The minimum Gasteiger partial charge on any atom is -0.384 e. The lowest BCUT2D eigenvalue weighted by Gasteiger charge is -2.11. The molecule has 0 saturated carbocycles. The molecule has 0 saturated heterocycles. The van der Waals surface area contributed by atoms with Crippen molar-refractivity contribution in [2.75, 3.05) is 0 Å². The predicted molar refractivity (Wildman–Crippen MR) is 103 cm³/mol. The van der Waals surface area contributed by atoms with Gasteiger partial charge in [0.1, 0.15) is 12.4 Å². The molecule has 3 aromatic heterocycles. The van der Waals surface area contributed by atoms with Crippen LogP contribution in [0.5, 0.6) is 0 Å². The van der Waals surface area contributed by atoms with Gasteiger partial charge in [0.15, 0.2) is 5.82 Å². The number of aryl methyl sites for hydroxylation is 1. The van der Waals surface area contributed by atoms with Crippen LogP contribution in [0.4, 0.5) is 0 Å². The van der Waals surface area contributed by atoms with E-state index in [1.165, 1.54) is 6.33 Å². The fourth-order valence-corrected chi connectivity index (χ4v) is 4.03. The molecule has 5 nitrogen and oxygen atoms in total. The van der Waals surface area contributed by atoms with Gasteiger partial charge in [-0.3, -0.25) is 10.1 Å². The minimum atomic E-state index is -0.791. The third-order valence-corrected chi connectivity index (χ3v) is 5.51. The summed E-state index contributed by atoms with van der Waals surface area (Å²) in [6.07, 6.45) is 2.46. The molecule has 2 N–H and O–H groups in total. The molecule has 1 atom stereocenters. The van der Waals surface area contributed by atoms with Gasteiger partial charge >= 0.3 is 0 Å². The third-order valence-electron chi connectivity index (χ3n) is 4.05. The van der Waals surface area contributed by atoms with Crippen LogP contribution in [0.25, 0.3) is 21.1 Å². The van der Waals surface area contributed by atoms with E-state index in [0.29, 0.717) is 10.8 Å². The highest BCUT2D eigenvalue weighted by Gasteiger charge is 2.21. The van der Waals surface area contributed by atoms with Crippen molar-refractivity contribution in [3.8, 4) is 21.1 Å². The van der Waals surface area contributed by atoms with Gasteiger partial charge < -0.3 is 5.11 Å². The molecular formula is C19H15ClN4OS. The fourth-order valence-electron chi connectivity index (χ4n) is 2.77. The molecule has 1 aromatic carbocycles. The number of thiophene rings is 1. The minimum absolute atomic E-state index is 0.634. The van der Waals surface area contributed by atoms with Crippen molar-refractivity contribution in [2.24, 2.45) is 0 Å². The summed E-state index contributed by atoms with van der Waals surface area (Å²) in [7, 11) is 0. The highest BCUT2D eigenvalue weighted by Crippen LogP contribution is 2.41. The standard InChI is InChI=1S/C19H15ClN4OS/c1-11-8-13(6-7-21-11)16-9-15(18(26-16)19-22-10-23-24-19)17(25)12-2-4-14(20)5-3-12/h2-10,17,25H,1H3,(H,22,23,24)/t17-/m0/s1. The monoisotopic (exact) mass is 382 g/mol. The molecule has 4 rings (SSSR count). The lowest BCUT2D eigenvalue weighted by molar-refractivity contribution is 0.221. The second kappa shape index (κ2) is 6.99. The number of aliphatic hydroxyl groups is 1. The number of halogens is 1. The first kappa shape index (κ1) is 16.9. The number of nitrogens with one attached hydrogen (secondary N) is 1. The van der Waals surface area contributed by atoms with E-state index in [9.17, 15) is 5.11 Å². The molecule has 0 aliphatic rings. The molecule has 0 aliphatic carbocycles. The molecule has 26 heavy (non-hydrogen) atoms. The third kappa shape index (κ3) is 3.26. The number of hydrogen-bond acceptors (Lipinski definition) is 5. The quantitative estimate of drug-likeness (QED) is 0.539. The van der Waals surface area contributed by atoms with Crippen LogP contribution in [0.15, 0.2) is 55.0 Å². The first-order chi connectivity index (χ1) is 12.6. The predicted octanol–water partition coefficient (Wildman–Crippen LogP) is 4.64. The summed E-state index contributed by atoms with van der Waals surface area (Å²) in [5.41, 5.74) is 3.54. The van der Waals surface area contributed by atoms with Crippen LogP contribution in [0.2, 0.25) is 5.02 Å². The largest absolute Gasteiger partial charge is 0.384 e. The van der Waals surface area contributed by atoms with E-state index >= 15 is 0 Å². The molecule has 0 unspecified atom stereocenters. The summed E-state index contributed by atoms with van der Waals surface area (Å²) in [6.45, 7) is 1.96. The molecule has 4 aromatic rings. The summed E-state index contributed by atoms with van der Waals surface area (Å²) >= 11 is 7.52. The lowest BCUT2D eigenvalue weighted by Crippen LogP contribution is -2.00. The summed E-state index contributed by atoms with van der Waals surface area (Å²) in [5, 5.41) is 18.4. The summed E-state index contributed by atoms with van der Waals surface area (Å²) in [5.74, 6) is 0.634. The van der Waals surface area contributed by atoms with Crippen LogP contribution < -0.4 is 0 Å². The molecule has 3 heterocycles. The van der Waals surface area contributed by atoms with Gasteiger partial charge in [0.05, 0.1) is 4.88 Å². The second-order valence-electron chi connectivity index (χ2n) is 5.87. The average Bonchev–Trinajstić information content (AvgIpc) is 3.31. The van der Waals surface area contributed by atoms with E-state index in [0.717, 1.165) is 32.1 Å². The summed E-state index contributed by atoms with van der Waals surface area (Å²) in [4.78, 5) is 10.4.